The standard InChI is InChI=1S/C15H24O3/c1-10-7-11(16)8-14(4)5-6-15(18,9-12(10)14)13(2,3)17/h7,12,17-18H,5-6,8-9H2,1-4H3/t12-,14-,15-/m0/s1. The highest BCUT2D eigenvalue weighted by Gasteiger charge is 2.53. The van der Waals surface area contributed by atoms with Gasteiger partial charge in [0.1, 0.15) is 0 Å². The minimum Gasteiger partial charge on any atom is -0.387 e. The second kappa shape index (κ2) is 3.91. The van der Waals surface area contributed by atoms with E-state index in [0.29, 0.717) is 19.3 Å². The third kappa shape index (κ3) is 2.04. The summed E-state index contributed by atoms with van der Waals surface area (Å²) in [7, 11) is 0. The summed E-state index contributed by atoms with van der Waals surface area (Å²) in [6.45, 7) is 7.44. The highest BCUT2D eigenvalue weighted by atomic mass is 16.4. The van der Waals surface area contributed by atoms with Gasteiger partial charge in [0.05, 0.1) is 11.2 Å². The molecule has 18 heavy (non-hydrogen) atoms. The molecule has 0 spiro atoms. The number of hydrogen-bond acceptors (Lipinski definition) is 3. The Morgan fingerprint density at radius 1 is 1.39 bits per heavy atom. The SMILES string of the molecule is CC1=CC(=O)C[C@]2(C)CC[C@@](O)(C(C)(C)O)C[C@@H]12. The van der Waals surface area contributed by atoms with Gasteiger partial charge in [-0.05, 0) is 57.4 Å². The van der Waals surface area contributed by atoms with Crippen LogP contribution in [0.4, 0.5) is 0 Å². The van der Waals surface area contributed by atoms with Crippen LogP contribution in [-0.2, 0) is 4.79 Å². The smallest absolute Gasteiger partial charge is 0.156 e. The molecule has 2 aliphatic rings. The Hall–Kier alpha value is -0.670. The summed E-state index contributed by atoms with van der Waals surface area (Å²) >= 11 is 0. The van der Waals surface area contributed by atoms with E-state index in [1.54, 1.807) is 19.9 Å². The molecule has 0 bridgehead atoms. The van der Waals surface area contributed by atoms with Crippen molar-refractivity contribution >= 4 is 5.78 Å². The van der Waals surface area contributed by atoms with Crippen molar-refractivity contribution in [1.82, 2.24) is 0 Å². The molecule has 0 amide bonds. The van der Waals surface area contributed by atoms with Gasteiger partial charge in [-0.3, -0.25) is 4.79 Å². The van der Waals surface area contributed by atoms with E-state index in [0.717, 1.165) is 12.0 Å². The zero-order valence-electron chi connectivity index (χ0n) is 11.8. The number of ketones is 1. The largest absolute Gasteiger partial charge is 0.387 e. The van der Waals surface area contributed by atoms with Crippen LogP contribution in [0, 0.1) is 11.3 Å². The Kier molecular flexibility index (Phi) is 2.99. The lowest BCUT2D eigenvalue weighted by molar-refractivity contribution is -0.174. The highest BCUT2D eigenvalue weighted by molar-refractivity contribution is 5.92. The summed E-state index contributed by atoms with van der Waals surface area (Å²) < 4.78 is 0. The summed E-state index contributed by atoms with van der Waals surface area (Å²) in [6, 6.07) is 0. The summed E-state index contributed by atoms with van der Waals surface area (Å²) in [5, 5.41) is 20.9. The molecule has 0 aliphatic heterocycles. The van der Waals surface area contributed by atoms with E-state index in [9.17, 15) is 15.0 Å². The van der Waals surface area contributed by atoms with Gasteiger partial charge in [-0.1, -0.05) is 12.5 Å². The van der Waals surface area contributed by atoms with Gasteiger partial charge in [0.25, 0.3) is 0 Å². The molecule has 3 heteroatoms. The van der Waals surface area contributed by atoms with Crippen LogP contribution in [0.15, 0.2) is 11.6 Å². The molecule has 0 aromatic rings. The van der Waals surface area contributed by atoms with Crippen LogP contribution < -0.4 is 0 Å². The lowest BCUT2D eigenvalue weighted by Gasteiger charge is -2.53. The molecular weight excluding hydrogens is 228 g/mol. The normalized spacial score (nSPS) is 41.3. The van der Waals surface area contributed by atoms with E-state index < -0.39 is 11.2 Å². The first-order valence-corrected chi connectivity index (χ1v) is 6.73. The summed E-state index contributed by atoms with van der Waals surface area (Å²) in [5.74, 6) is 0.389. The number of carbonyl (C=O) groups excluding carboxylic acids is 1. The first kappa shape index (κ1) is 13.8. The van der Waals surface area contributed by atoms with Crippen molar-refractivity contribution in [2.45, 2.75) is 64.6 Å². The lowest BCUT2D eigenvalue weighted by atomic mass is 9.54. The molecule has 0 saturated heterocycles. The van der Waals surface area contributed by atoms with Gasteiger partial charge >= 0.3 is 0 Å². The van der Waals surface area contributed by atoms with Gasteiger partial charge in [-0.15, -0.1) is 0 Å². The first-order chi connectivity index (χ1) is 8.07. The molecule has 0 radical (unpaired) electrons. The zero-order chi connectivity index (χ0) is 13.8. The van der Waals surface area contributed by atoms with Gasteiger partial charge in [0.15, 0.2) is 5.78 Å². The van der Waals surface area contributed by atoms with Crippen molar-refractivity contribution in [1.29, 1.82) is 0 Å². The van der Waals surface area contributed by atoms with Crippen LogP contribution >= 0.6 is 0 Å². The highest BCUT2D eigenvalue weighted by Crippen LogP contribution is 2.54. The average Bonchev–Trinajstić information content (AvgIpc) is 2.18. The third-order valence-electron chi connectivity index (χ3n) is 5.15. The Balaban J connectivity index is 2.34. The molecule has 102 valence electrons. The van der Waals surface area contributed by atoms with Crippen LogP contribution in [0.1, 0.15) is 53.4 Å². The van der Waals surface area contributed by atoms with Gasteiger partial charge in [-0.2, -0.15) is 0 Å². The number of rotatable bonds is 1. The average molecular weight is 252 g/mol. The summed E-state index contributed by atoms with van der Waals surface area (Å²) in [5.41, 5.74) is -1.15. The van der Waals surface area contributed by atoms with E-state index in [4.69, 9.17) is 0 Å². The minimum atomic E-state index is -1.10. The van der Waals surface area contributed by atoms with Crippen molar-refractivity contribution < 1.29 is 15.0 Å². The van der Waals surface area contributed by atoms with Crippen molar-refractivity contribution in [2.75, 3.05) is 0 Å². The predicted molar refractivity (Wildman–Crippen MR) is 70.1 cm³/mol. The molecule has 3 atom stereocenters. The van der Waals surface area contributed by atoms with Crippen molar-refractivity contribution in [3.63, 3.8) is 0 Å². The molecule has 0 aromatic heterocycles. The van der Waals surface area contributed by atoms with Crippen molar-refractivity contribution in [3.05, 3.63) is 11.6 Å². The van der Waals surface area contributed by atoms with E-state index >= 15 is 0 Å². The lowest BCUT2D eigenvalue weighted by Crippen LogP contribution is -2.57. The van der Waals surface area contributed by atoms with Gasteiger partial charge < -0.3 is 10.2 Å². The summed E-state index contributed by atoms with van der Waals surface area (Å²) in [6.07, 6.45) is 4.17. The fraction of sp³-hybridized carbons (Fsp3) is 0.800. The molecule has 1 saturated carbocycles. The molecule has 2 aliphatic carbocycles. The van der Waals surface area contributed by atoms with Crippen LogP contribution in [0.2, 0.25) is 0 Å². The zero-order valence-corrected chi connectivity index (χ0v) is 11.8. The topological polar surface area (TPSA) is 57.5 Å². The molecule has 2 N–H and O–H groups in total. The fourth-order valence-corrected chi connectivity index (χ4v) is 3.63. The van der Waals surface area contributed by atoms with Crippen molar-refractivity contribution in [2.24, 2.45) is 11.3 Å². The molecule has 0 unspecified atom stereocenters. The third-order valence-corrected chi connectivity index (χ3v) is 5.15. The van der Waals surface area contributed by atoms with Gasteiger partial charge in [-0.25, -0.2) is 0 Å². The predicted octanol–water partition coefficient (Wildman–Crippen LogP) is 2.21. The van der Waals surface area contributed by atoms with Crippen LogP contribution in [0.5, 0.6) is 0 Å². The molecule has 0 heterocycles. The number of fused-ring (bicyclic) bond motifs is 1. The van der Waals surface area contributed by atoms with Gasteiger partial charge in [0, 0.05) is 6.42 Å². The summed E-state index contributed by atoms with van der Waals surface area (Å²) in [4.78, 5) is 11.7. The van der Waals surface area contributed by atoms with E-state index in [1.807, 2.05) is 6.92 Å². The maximum Gasteiger partial charge on any atom is 0.156 e. The maximum atomic E-state index is 11.7. The quantitative estimate of drug-likeness (QED) is 0.752. The Bertz CT molecular complexity index is 404. The van der Waals surface area contributed by atoms with E-state index in [-0.39, 0.29) is 17.1 Å². The van der Waals surface area contributed by atoms with Crippen LogP contribution in [0.25, 0.3) is 0 Å². The number of aliphatic hydroxyl groups is 2. The van der Waals surface area contributed by atoms with E-state index in [1.165, 1.54) is 0 Å². The number of hydrogen-bond donors (Lipinski definition) is 2. The fourth-order valence-electron chi connectivity index (χ4n) is 3.63. The Morgan fingerprint density at radius 2 is 2.00 bits per heavy atom. The Labute approximate surface area is 109 Å². The monoisotopic (exact) mass is 252 g/mol. The van der Waals surface area contributed by atoms with Crippen LogP contribution in [-0.4, -0.2) is 27.2 Å². The number of carbonyl (C=O) groups is 1. The second-order valence-electron chi connectivity index (χ2n) is 7.03. The van der Waals surface area contributed by atoms with E-state index in [2.05, 4.69) is 6.92 Å². The molecule has 2 rings (SSSR count). The van der Waals surface area contributed by atoms with Crippen molar-refractivity contribution in [3.8, 4) is 0 Å². The maximum absolute atomic E-state index is 11.7. The molecular formula is C15H24O3. The van der Waals surface area contributed by atoms with Crippen LogP contribution in [0.3, 0.4) is 0 Å². The minimum absolute atomic E-state index is 0.0482. The van der Waals surface area contributed by atoms with Gasteiger partial charge in [0.2, 0.25) is 0 Å². The second-order valence-corrected chi connectivity index (χ2v) is 7.03. The number of allylic oxidation sites excluding steroid dienone is 2. The molecule has 0 aromatic carbocycles. The molecule has 3 nitrogen and oxygen atoms in total. The first-order valence-electron chi connectivity index (χ1n) is 6.73. The molecule has 1 fully saturated rings. The Morgan fingerprint density at radius 3 is 2.56 bits per heavy atom.